The molecular formula is C55H74Cl2Zr. The van der Waals surface area contributed by atoms with Gasteiger partial charge >= 0.3 is 353 Å². The average molecular weight is 897 g/mol. The quantitative estimate of drug-likeness (QED) is 0.149. The zero-order chi connectivity index (χ0) is 40.8. The number of allylic oxidation sites excluding steroid dienone is 4. The van der Waals surface area contributed by atoms with Crippen molar-refractivity contribution in [3.8, 4) is 11.1 Å². The van der Waals surface area contributed by atoms with Crippen molar-refractivity contribution in [2.75, 3.05) is 0 Å². The molecule has 0 nitrogen and oxygen atoms in total. The number of hydrogen-bond donors (Lipinski definition) is 0. The van der Waals surface area contributed by atoms with E-state index >= 15 is 0 Å². The minimum atomic E-state index is -2.91. The third-order valence-electron chi connectivity index (χ3n) is 12.3. The fraction of sp³-hybridized carbons (Fsp3) is 0.473. The molecule has 312 valence electrons. The summed E-state index contributed by atoms with van der Waals surface area (Å²) in [4.78, 5) is 0. The van der Waals surface area contributed by atoms with Crippen molar-refractivity contribution in [2.45, 2.75) is 167 Å². The van der Waals surface area contributed by atoms with E-state index in [9.17, 15) is 0 Å². The van der Waals surface area contributed by atoms with Gasteiger partial charge in [0.05, 0.1) is 0 Å². The van der Waals surface area contributed by atoms with Crippen molar-refractivity contribution in [1.29, 1.82) is 0 Å². The fourth-order valence-electron chi connectivity index (χ4n) is 9.19. The minimum Gasteiger partial charge on any atom is -0.147 e. The number of hydrogen-bond acceptors (Lipinski definition) is 0. The minimum absolute atomic E-state index is 0. The number of fused-ring (bicyclic) bond motifs is 3. The van der Waals surface area contributed by atoms with Crippen molar-refractivity contribution in [3.05, 3.63) is 150 Å². The van der Waals surface area contributed by atoms with Gasteiger partial charge in [0.1, 0.15) is 0 Å². The van der Waals surface area contributed by atoms with Gasteiger partial charge in [0.15, 0.2) is 0 Å². The van der Waals surface area contributed by atoms with E-state index in [1.165, 1.54) is 81.3 Å². The van der Waals surface area contributed by atoms with Gasteiger partial charge in [-0.25, -0.2) is 0 Å². The SMILES string of the molecule is CCCCc1ccc([C](c2ccc(CCCC)cc2)=[Zr]([C]2=CC=CC2)[CH]2c3cc(C(C)(C)C)c(C(C)(C)C)cc3-c3cc(C(C)(C)C)c(C(C)(C)C)cc32)cc1.Cl.Cl. The zero-order valence-electron chi connectivity index (χ0n) is 38.5. The normalized spacial score (nSPS) is 14.1. The second-order valence-electron chi connectivity index (χ2n) is 21.1. The number of aryl methyl sites for hydroxylation is 2. The van der Waals surface area contributed by atoms with Gasteiger partial charge in [-0.15, -0.1) is 24.8 Å². The molecule has 2 aliphatic carbocycles. The predicted octanol–water partition coefficient (Wildman–Crippen LogP) is 16.2. The third-order valence-corrected chi connectivity index (χ3v) is 20.6. The average Bonchev–Trinajstić information content (AvgIpc) is 3.77. The third kappa shape index (κ3) is 10.2. The van der Waals surface area contributed by atoms with Gasteiger partial charge in [-0.1, -0.05) is 0 Å². The summed E-state index contributed by atoms with van der Waals surface area (Å²) in [6.07, 6.45) is 15.6. The molecule has 0 aliphatic heterocycles. The molecule has 2 aliphatic rings. The molecule has 0 amide bonds. The van der Waals surface area contributed by atoms with E-state index in [0.717, 1.165) is 19.3 Å². The van der Waals surface area contributed by atoms with Crippen LogP contribution in [-0.4, -0.2) is 3.21 Å². The molecule has 6 rings (SSSR count). The van der Waals surface area contributed by atoms with E-state index in [-0.39, 0.29) is 46.5 Å². The van der Waals surface area contributed by atoms with Crippen LogP contribution in [0.15, 0.2) is 94.3 Å². The molecule has 0 N–H and O–H groups in total. The second kappa shape index (κ2) is 18.8. The molecule has 0 spiro atoms. The largest absolute Gasteiger partial charge is 0.147 e. The van der Waals surface area contributed by atoms with E-state index in [1.54, 1.807) is 17.6 Å². The molecule has 0 fully saturated rings. The smallest absolute Gasteiger partial charge is 0.147 e. The van der Waals surface area contributed by atoms with Crippen LogP contribution in [0.1, 0.15) is 188 Å². The Morgan fingerprint density at radius 3 is 1.21 bits per heavy atom. The van der Waals surface area contributed by atoms with E-state index in [4.69, 9.17) is 0 Å². The number of rotatable bonds is 10. The summed E-state index contributed by atoms with van der Waals surface area (Å²) >= 11 is -2.91. The van der Waals surface area contributed by atoms with Gasteiger partial charge in [0.25, 0.3) is 0 Å². The van der Waals surface area contributed by atoms with Crippen LogP contribution in [0.3, 0.4) is 0 Å². The molecule has 4 aromatic rings. The van der Waals surface area contributed by atoms with Gasteiger partial charge in [-0.3, -0.25) is 0 Å². The molecule has 3 heteroatoms. The summed E-state index contributed by atoms with van der Waals surface area (Å²) in [5, 5.41) is 0. The van der Waals surface area contributed by atoms with E-state index in [0.29, 0.717) is 3.63 Å². The van der Waals surface area contributed by atoms with Crippen LogP contribution in [0.5, 0.6) is 0 Å². The molecule has 0 saturated heterocycles. The van der Waals surface area contributed by atoms with Crippen molar-refractivity contribution >= 4 is 28.0 Å². The molecule has 0 saturated carbocycles. The Bertz CT molecular complexity index is 2010. The topological polar surface area (TPSA) is 0 Å². The molecule has 0 heterocycles. The number of halogens is 2. The van der Waals surface area contributed by atoms with Crippen LogP contribution in [-0.2, 0) is 55.8 Å². The van der Waals surface area contributed by atoms with Crippen LogP contribution in [0.2, 0.25) is 0 Å². The Labute approximate surface area is 374 Å². The van der Waals surface area contributed by atoms with Gasteiger partial charge in [0, 0.05) is 0 Å². The Kier molecular flexibility index (Phi) is 15.6. The van der Waals surface area contributed by atoms with E-state index in [1.807, 2.05) is 0 Å². The maximum absolute atomic E-state index is 2.91. The van der Waals surface area contributed by atoms with Crippen LogP contribution >= 0.6 is 24.8 Å². The Balaban J connectivity index is 0.00000372. The van der Waals surface area contributed by atoms with Crippen molar-refractivity contribution in [2.24, 2.45) is 0 Å². The summed E-state index contributed by atoms with van der Waals surface area (Å²) in [5.41, 5.74) is 18.1. The molecule has 0 radical (unpaired) electrons. The first-order valence-corrected chi connectivity index (χ1v) is 25.8. The monoisotopic (exact) mass is 894 g/mol. The summed E-state index contributed by atoms with van der Waals surface area (Å²) in [7, 11) is 0. The van der Waals surface area contributed by atoms with E-state index in [2.05, 4.69) is 188 Å². The number of benzene rings is 4. The second-order valence-corrected chi connectivity index (χ2v) is 27.4. The van der Waals surface area contributed by atoms with Crippen molar-refractivity contribution in [1.82, 2.24) is 0 Å². The first-order valence-electron chi connectivity index (χ1n) is 21.9. The summed E-state index contributed by atoms with van der Waals surface area (Å²) < 4.78 is 3.74. The van der Waals surface area contributed by atoms with Crippen LogP contribution in [0, 0.1) is 0 Å². The Hall–Kier alpha value is -2.31. The zero-order valence-corrected chi connectivity index (χ0v) is 42.6. The van der Waals surface area contributed by atoms with Gasteiger partial charge in [-0.2, -0.15) is 0 Å². The van der Waals surface area contributed by atoms with Gasteiger partial charge in [-0.05, 0) is 0 Å². The molecule has 4 aromatic carbocycles. The maximum Gasteiger partial charge on any atom is -0.147 e. The van der Waals surface area contributed by atoms with Gasteiger partial charge in [0.2, 0.25) is 0 Å². The van der Waals surface area contributed by atoms with Crippen molar-refractivity contribution < 1.29 is 21.3 Å². The van der Waals surface area contributed by atoms with Crippen LogP contribution < -0.4 is 0 Å². The maximum atomic E-state index is 2.72. The molecule has 0 unspecified atom stereocenters. The standard InChI is InChI=1S/C29H41.C21H26.C5H5.2ClH.Zr/c1-26(2,3)22-14-18-13-19-15-23(27(4,5)6)25(29(10,11)12)17-21(19)20(18)16-24(22)28(7,8)9;1-3-5-7-18-9-13-20(14-10-18)17-21-15-11-19(12-16-21)8-6-4-2;1-2-4-5-3-1;;;/h13-17H,1-12H3;9-16H,3-8H2,1-2H3;1-3H,4H2;2*1H;. The summed E-state index contributed by atoms with van der Waals surface area (Å²) in [5.74, 6) is 0. The first-order chi connectivity index (χ1) is 26.2. The first kappa shape index (κ1) is 48.4. The Morgan fingerprint density at radius 1 is 0.534 bits per heavy atom. The molecule has 58 heavy (non-hydrogen) atoms. The fourth-order valence-corrected chi connectivity index (χ4v) is 18.2. The Morgan fingerprint density at radius 2 is 0.897 bits per heavy atom. The molecular weight excluding hydrogens is 823 g/mol. The molecule has 0 bridgehead atoms. The van der Waals surface area contributed by atoms with Crippen LogP contribution in [0.25, 0.3) is 11.1 Å². The van der Waals surface area contributed by atoms with Gasteiger partial charge < -0.3 is 0 Å². The number of unbranched alkanes of at least 4 members (excludes halogenated alkanes) is 2. The predicted molar refractivity (Wildman–Crippen MR) is 258 cm³/mol. The van der Waals surface area contributed by atoms with Crippen molar-refractivity contribution in [3.63, 3.8) is 0 Å². The van der Waals surface area contributed by atoms with E-state index < -0.39 is 21.3 Å². The summed E-state index contributed by atoms with van der Waals surface area (Å²) in [6, 6.07) is 30.5. The molecule has 0 aromatic heterocycles. The molecule has 0 atom stereocenters. The van der Waals surface area contributed by atoms with Crippen LogP contribution in [0.4, 0.5) is 0 Å². The summed E-state index contributed by atoms with van der Waals surface area (Å²) in [6.45, 7) is 33.7.